The number of hydrogen-bond acceptors (Lipinski definition) is 3. The molecule has 2 aliphatic heterocycles. The molecule has 0 aliphatic carbocycles. The molecule has 3 nitrogen and oxygen atoms in total. The summed E-state index contributed by atoms with van der Waals surface area (Å²) >= 11 is 0. The highest BCUT2D eigenvalue weighted by Gasteiger charge is 2.24. The summed E-state index contributed by atoms with van der Waals surface area (Å²) < 4.78 is 5.14. The number of nitrogens with zero attached hydrogens (tertiary/aromatic N) is 1. The average Bonchev–Trinajstić information content (AvgIpc) is 2.87. The van der Waals surface area contributed by atoms with E-state index < -0.39 is 0 Å². The molecule has 3 heteroatoms. The lowest BCUT2D eigenvalue weighted by atomic mass is 10.1. The van der Waals surface area contributed by atoms with Crippen molar-refractivity contribution in [2.24, 2.45) is 0 Å². The highest BCUT2D eigenvalue weighted by molar-refractivity contribution is 4.75. The van der Waals surface area contributed by atoms with Crippen LogP contribution in [-0.2, 0) is 4.74 Å². The lowest BCUT2D eigenvalue weighted by molar-refractivity contribution is 0.0810. The predicted octanol–water partition coefficient (Wildman–Crippen LogP) is 0.232. The summed E-state index contributed by atoms with van der Waals surface area (Å²) in [5.41, 5.74) is 0. The van der Waals surface area contributed by atoms with Gasteiger partial charge in [0, 0.05) is 19.6 Å². The van der Waals surface area contributed by atoms with Gasteiger partial charge in [-0.2, -0.15) is 0 Å². The number of epoxide rings is 1. The van der Waals surface area contributed by atoms with Gasteiger partial charge in [0.05, 0.1) is 18.8 Å². The van der Waals surface area contributed by atoms with Crippen LogP contribution in [-0.4, -0.2) is 48.5 Å². The molecule has 0 aromatic rings. The van der Waals surface area contributed by atoms with Crippen LogP contribution in [0.25, 0.3) is 0 Å². The van der Waals surface area contributed by atoms with Crippen LogP contribution in [0, 0.1) is 0 Å². The Morgan fingerprint density at radius 2 is 2.00 bits per heavy atom. The molecule has 2 fully saturated rings. The fourth-order valence-electron chi connectivity index (χ4n) is 1.70. The molecule has 2 rings (SSSR count). The summed E-state index contributed by atoms with van der Waals surface area (Å²) in [6.07, 6.45) is 3.59. The third-order valence-corrected chi connectivity index (χ3v) is 2.73. The van der Waals surface area contributed by atoms with E-state index in [0.717, 1.165) is 39.1 Å². The van der Waals surface area contributed by atoms with Crippen LogP contribution in [0.4, 0.5) is 0 Å². The van der Waals surface area contributed by atoms with Crippen molar-refractivity contribution in [3.05, 3.63) is 0 Å². The number of likely N-dealkylation sites (tertiary alicyclic amines) is 1. The van der Waals surface area contributed by atoms with Gasteiger partial charge in [-0.1, -0.05) is 0 Å². The maximum Gasteiger partial charge on any atom is 0.0822 e. The van der Waals surface area contributed by atoms with E-state index in [2.05, 4.69) is 4.90 Å². The van der Waals surface area contributed by atoms with Crippen LogP contribution in [0.1, 0.15) is 19.3 Å². The lowest BCUT2D eigenvalue weighted by Crippen LogP contribution is -2.36. The van der Waals surface area contributed by atoms with Gasteiger partial charge in [-0.25, -0.2) is 0 Å². The molecule has 1 atom stereocenters. The van der Waals surface area contributed by atoms with Gasteiger partial charge < -0.3 is 14.7 Å². The summed E-state index contributed by atoms with van der Waals surface area (Å²) in [7, 11) is 0. The minimum absolute atomic E-state index is 0.0431. The minimum Gasteiger partial charge on any atom is -0.393 e. The molecule has 12 heavy (non-hydrogen) atoms. The zero-order chi connectivity index (χ0) is 8.39. The van der Waals surface area contributed by atoms with Crippen molar-refractivity contribution < 1.29 is 9.84 Å². The van der Waals surface area contributed by atoms with Gasteiger partial charge in [-0.05, 0) is 19.3 Å². The zero-order valence-corrected chi connectivity index (χ0v) is 7.41. The molecular formula is C9H17NO2. The Kier molecular flexibility index (Phi) is 2.63. The number of piperidine rings is 1. The minimum atomic E-state index is -0.0431. The second kappa shape index (κ2) is 3.73. The number of aliphatic hydroxyl groups is 1. The van der Waals surface area contributed by atoms with Crippen molar-refractivity contribution in [2.75, 3.05) is 26.2 Å². The van der Waals surface area contributed by atoms with Crippen LogP contribution < -0.4 is 0 Å². The third-order valence-electron chi connectivity index (χ3n) is 2.73. The second-order valence-electron chi connectivity index (χ2n) is 3.82. The van der Waals surface area contributed by atoms with Gasteiger partial charge in [0.2, 0.25) is 0 Å². The molecule has 70 valence electrons. The van der Waals surface area contributed by atoms with Gasteiger partial charge in [-0.15, -0.1) is 0 Å². The monoisotopic (exact) mass is 171 g/mol. The van der Waals surface area contributed by atoms with Crippen LogP contribution in [0.3, 0.4) is 0 Å². The Balaban J connectivity index is 1.60. The SMILES string of the molecule is OC1CCN(CCC2CO2)CC1. The molecule has 1 N–H and O–H groups in total. The summed E-state index contributed by atoms with van der Waals surface area (Å²) in [5, 5.41) is 9.27. The summed E-state index contributed by atoms with van der Waals surface area (Å²) in [4.78, 5) is 2.42. The van der Waals surface area contributed by atoms with E-state index in [1.54, 1.807) is 0 Å². The van der Waals surface area contributed by atoms with Crippen LogP contribution in [0.2, 0.25) is 0 Å². The van der Waals surface area contributed by atoms with E-state index >= 15 is 0 Å². The standard InChI is InChI=1S/C9H17NO2/c11-8-1-4-10(5-2-8)6-3-9-7-12-9/h8-9,11H,1-7H2. The molecule has 0 aromatic heterocycles. The van der Waals surface area contributed by atoms with Gasteiger partial charge in [0.1, 0.15) is 0 Å². The fourth-order valence-corrected chi connectivity index (χ4v) is 1.70. The van der Waals surface area contributed by atoms with Crippen molar-refractivity contribution in [3.8, 4) is 0 Å². The van der Waals surface area contributed by atoms with Gasteiger partial charge in [0.15, 0.2) is 0 Å². The molecule has 2 saturated heterocycles. The van der Waals surface area contributed by atoms with Crippen molar-refractivity contribution in [1.29, 1.82) is 0 Å². The summed E-state index contributed by atoms with van der Waals surface area (Å²) in [5.74, 6) is 0. The zero-order valence-electron chi connectivity index (χ0n) is 7.41. The van der Waals surface area contributed by atoms with E-state index in [4.69, 9.17) is 4.74 Å². The lowest BCUT2D eigenvalue weighted by Gasteiger charge is -2.29. The van der Waals surface area contributed by atoms with E-state index in [0.29, 0.717) is 6.10 Å². The summed E-state index contributed by atoms with van der Waals surface area (Å²) in [6.45, 7) is 4.25. The molecule has 0 amide bonds. The smallest absolute Gasteiger partial charge is 0.0822 e. The molecule has 0 radical (unpaired) electrons. The van der Waals surface area contributed by atoms with Crippen LogP contribution >= 0.6 is 0 Å². The van der Waals surface area contributed by atoms with Crippen molar-refractivity contribution in [3.63, 3.8) is 0 Å². The Labute approximate surface area is 73.3 Å². The molecule has 0 aromatic carbocycles. The number of hydrogen-bond donors (Lipinski definition) is 1. The van der Waals surface area contributed by atoms with Gasteiger partial charge in [0.25, 0.3) is 0 Å². The third kappa shape index (κ3) is 2.44. The van der Waals surface area contributed by atoms with E-state index in [1.165, 1.54) is 6.42 Å². The first-order valence-corrected chi connectivity index (χ1v) is 4.86. The van der Waals surface area contributed by atoms with Crippen molar-refractivity contribution in [2.45, 2.75) is 31.5 Å². The average molecular weight is 171 g/mol. The van der Waals surface area contributed by atoms with Crippen LogP contribution in [0.5, 0.6) is 0 Å². The first kappa shape index (κ1) is 8.48. The van der Waals surface area contributed by atoms with Gasteiger partial charge >= 0.3 is 0 Å². The van der Waals surface area contributed by atoms with Crippen molar-refractivity contribution >= 4 is 0 Å². The molecular weight excluding hydrogens is 154 g/mol. The Bertz CT molecular complexity index is 139. The number of rotatable bonds is 3. The Morgan fingerprint density at radius 1 is 1.33 bits per heavy atom. The Morgan fingerprint density at radius 3 is 2.58 bits per heavy atom. The highest BCUT2D eigenvalue weighted by Crippen LogP contribution is 2.16. The largest absolute Gasteiger partial charge is 0.393 e. The number of aliphatic hydroxyl groups excluding tert-OH is 1. The topological polar surface area (TPSA) is 36.0 Å². The maximum absolute atomic E-state index is 9.27. The summed E-state index contributed by atoms with van der Waals surface area (Å²) in [6, 6.07) is 0. The van der Waals surface area contributed by atoms with E-state index in [9.17, 15) is 5.11 Å². The van der Waals surface area contributed by atoms with Gasteiger partial charge in [-0.3, -0.25) is 0 Å². The molecule has 2 aliphatic rings. The predicted molar refractivity (Wildman–Crippen MR) is 46.0 cm³/mol. The molecule has 1 unspecified atom stereocenters. The molecule has 2 heterocycles. The van der Waals surface area contributed by atoms with Crippen molar-refractivity contribution in [1.82, 2.24) is 4.90 Å². The normalized spacial score (nSPS) is 32.2. The fraction of sp³-hybridized carbons (Fsp3) is 1.00. The first-order valence-electron chi connectivity index (χ1n) is 4.86. The first-order chi connectivity index (χ1) is 5.84. The van der Waals surface area contributed by atoms with Crippen LogP contribution in [0.15, 0.2) is 0 Å². The second-order valence-corrected chi connectivity index (χ2v) is 3.82. The molecule has 0 spiro atoms. The quantitative estimate of drug-likeness (QED) is 0.618. The van der Waals surface area contributed by atoms with E-state index in [-0.39, 0.29) is 6.10 Å². The number of ether oxygens (including phenoxy) is 1. The highest BCUT2D eigenvalue weighted by atomic mass is 16.6. The maximum atomic E-state index is 9.27. The van der Waals surface area contributed by atoms with E-state index in [1.807, 2.05) is 0 Å². The molecule has 0 bridgehead atoms. The molecule has 0 saturated carbocycles. The Hall–Kier alpha value is -0.120.